The van der Waals surface area contributed by atoms with Crippen molar-refractivity contribution in [2.45, 2.75) is 26.2 Å². The molecule has 3 N–H and O–H groups in total. The zero-order valence-electron chi connectivity index (χ0n) is 11.6. The molecule has 1 aromatic rings. The van der Waals surface area contributed by atoms with Crippen LogP contribution < -0.4 is 16.0 Å². The molecule has 0 aromatic carbocycles. The van der Waals surface area contributed by atoms with Crippen LogP contribution in [0.15, 0.2) is 0 Å². The molecule has 0 aliphatic rings. The summed E-state index contributed by atoms with van der Waals surface area (Å²) in [5.41, 5.74) is 7.97. The summed E-state index contributed by atoms with van der Waals surface area (Å²) in [6.07, 6.45) is 1.09. The maximum Gasteiger partial charge on any atom is 0.150 e. The van der Waals surface area contributed by atoms with Crippen molar-refractivity contribution < 1.29 is 0 Å². The number of hydrogen-bond donors (Lipinski definition) is 2. The maximum atomic E-state index is 6.17. The van der Waals surface area contributed by atoms with Crippen molar-refractivity contribution in [3.63, 3.8) is 0 Å². The molecule has 17 heavy (non-hydrogen) atoms. The van der Waals surface area contributed by atoms with Crippen LogP contribution in [0, 0.1) is 0 Å². The monoisotopic (exact) mass is 239 g/mol. The highest BCUT2D eigenvalue weighted by atomic mass is 15.4. The van der Waals surface area contributed by atoms with Crippen LogP contribution in [-0.2, 0) is 7.05 Å². The van der Waals surface area contributed by atoms with Gasteiger partial charge in [-0.25, -0.2) is 0 Å². The van der Waals surface area contributed by atoms with Crippen LogP contribution in [0.4, 0.5) is 11.5 Å². The van der Waals surface area contributed by atoms with E-state index in [2.05, 4.69) is 36.2 Å². The Kier molecular flexibility index (Phi) is 4.81. The number of nitrogens with two attached hydrogens (primary N) is 1. The fourth-order valence-corrected chi connectivity index (χ4v) is 2.03. The molecule has 0 unspecified atom stereocenters. The molecule has 0 aliphatic carbocycles. The minimum atomic E-state index is 0.362. The molecule has 0 bridgehead atoms. The van der Waals surface area contributed by atoms with Crippen molar-refractivity contribution in [1.82, 2.24) is 15.1 Å². The normalized spacial score (nSPS) is 11.2. The summed E-state index contributed by atoms with van der Waals surface area (Å²) in [6, 6.07) is 0. The van der Waals surface area contributed by atoms with Crippen molar-refractivity contribution in [3.05, 3.63) is 5.69 Å². The number of hydrogen-bond acceptors (Lipinski definition) is 4. The third kappa shape index (κ3) is 3.12. The van der Waals surface area contributed by atoms with E-state index in [1.54, 1.807) is 0 Å². The van der Waals surface area contributed by atoms with Gasteiger partial charge in [0.1, 0.15) is 5.82 Å². The van der Waals surface area contributed by atoms with Crippen LogP contribution in [0.1, 0.15) is 31.9 Å². The molecule has 0 saturated carbocycles. The van der Waals surface area contributed by atoms with E-state index in [1.807, 2.05) is 18.8 Å². The highest BCUT2D eigenvalue weighted by Gasteiger charge is 2.18. The van der Waals surface area contributed by atoms with E-state index in [9.17, 15) is 0 Å². The quantitative estimate of drug-likeness (QED) is 0.732. The first kappa shape index (κ1) is 13.8. The number of aromatic nitrogens is 2. The number of nitrogen functional groups attached to an aromatic ring is 1. The molecule has 0 radical (unpaired) electrons. The Bertz CT molecular complexity index is 356. The topological polar surface area (TPSA) is 59.1 Å². The molecule has 0 aliphatic heterocycles. The lowest BCUT2D eigenvalue weighted by atomic mass is 10.1. The molecule has 98 valence electrons. The largest absolute Gasteiger partial charge is 0.394 e. The van der Waals surface area contributed by atoms with Gasteiger partial charge in [0.05, 0.1) is 11.4 Å². The summed E-state index contributed by atoms with van der Waals surface area (Å²) in [7, 11) is 5.98. The highest BCUT2D eigenvalue weighted by molar-refractivity contribution is 5.66. The van der Waals surface area contributed by atoms with Crippen molar-refractivity contribution in [2.75, 3.05) is 37.8 Å². The smallest absolute Gasteiger partial charge is 0.150 e. The number of aryl methyl sites for hydroxylation is 1. The molecule has 5 heteroatoms. The fraction of sp³-hybridized carbons (Fsp3) is 0.750. The van der Waals surface area contributed by atoms with Crippen LogP contribution >= 0.6 is 0 Å². The van der Waals surface area contributed by atoms with Gasteiger partial charge >= 0.3 is 0 Å². The van der Waals surface area contributed by atoms with Gasteiger partial charge in [-0.15, -0.1) is 0 Å². The summed E-state index contributed by atoms with van der Waals surface area (Å²) in [4.78, 5) is 2.17. The van der Waals surface area contributed by atoms with E-state index in [4.69, 9.17) is 5.73 Å². The second-order valence-electron chi connectivity index (χ2n) is 4.78. The summed E-state index contributed by atoms with van der Waals surface area (Å²) in [6.45, 7) is 6.22. The first-order valence-electron chi connectivity index (χ1n) is 6.17. The Morgan fingerprint density at radius 3 is 2.59 bits per heavy atom. The van der Waals surface area contributed by atoms with Gasteiger partial charge in [0, 0.05) is 20.6 Å². The molecule has 1 heterocycles. The average molecular weight is 239 g/mol. The summed E-state index contributed by atoms with van der Waals surface area (Å²) >= 11 is 0. The summed E-state index contributed by atoms with van der Waals surface area (Å²) in [5.74, 6) is 1.38. The van der Waals surface area contributed by atoms with E-state index in [1.165, 1.54) is 0 Å². The summed E-state index contributed by atoms with van der Waals surface area (Å²) < 4.78 is 1.88. The predicted molar refractivity (Wildman–Crippen MR) is 73.5 cm³/mol. The third-order valence-corrected chi connectivity index (χ3v) is 2.91. The second kappa shape index (κ2) is 5.91. The molecule has 0 fully saturated rings. The molecule has 0 atom stereocenters. The van der Waals surface area contributed by atoms with Gasteiger partial charge in [-0.1, -0.05) is 13.8 Å². The maximum absolute atomic E-state index is 6.17. The molecule has 5 nitrogen and oxygen atoms in total. The fourth-order valence-electron chi connectivity index (χ4n) is 2.03. The zero-order valence-corrected chi connectivity index (χ0v) is 11.6. The van der Waals surface area contributed by atoms with E-state index < -0.39 is 0 Å². The lowest BCUT2D eigenvalue weighted by Crippen LogP contribution is -2.24. The second-order valence-corrected chi connectivity index (χ2v) is 4.78. The van der Waals surface area contributed by atoms with Crippen LogP contribution in [0.3, 0.4) is 0 Å². The molecule has 0 spiro atoms. The standard InChI is InChI=1S/C12H25N5/c1-9(2)11-10(13)12(17(5)15-11)16(4)8-6-7-14-3/h9,14H,6-8,13H2,1-5H3. The molecule has 0 amide bonds. The van der Waals surface area contributed by atoms with Crippen LogP contribution in [0.5, 0.6) is 0 Å². The third-order valence-electron chi connectivity index (χ3n) is 2.91. The van der Waals surface area contributed by atoms with Gasteiger partial charge in [0.25, 0.3) is 0 Å². The van der Waals surface area contributed by atoms with Gasteiger partial charge in [-0.05, 0) is 25.9 Å². The number of anilines is 2. The lowest BCUT2D eigenvalue weighted by Gasteiger charge is -2.19. The molecular formula is C12H25N5. The number of nitrogens with one attached hydrogen (secondary N) is 1. The SMILES string of the molecule is CNCCCN(C)c1c(N)c(C(C)C)nn1C. The van der Waals surface area contributed by atoms with E-state index in [0.29, 0.717) is 5.92 Å². The number of rotatable bonds is 6. The zero-order chi connectivity index (χ0) is 13.0. The summed E-state index contributed by atoms with van der Waals surface area (Å²) in [5, 5.41) is 7.64. The molecule has 0 saturated heterocycles. The van der Waals surface area contributed by atoms with E-state index >= 15 is 0 Å². The van der Waals surface area contributed by atoms with Crippen molar-refractivity contribution in [1.29, 1.82) is 0 Å². The minimum Gasteiger partial charge on any atom is -0.394 e. The Morgan fingerprint density at radius 1 is 1.47 bits per heavy atom. The van der Waals surface area contributed by atoms with Crippen LogP contribution in [-0.4, -0.2) is 37.0 Å². The Morgan fingerprint density at radius 2 is 2.12 bits per heavy atom. The van der Waals surface area contributed by atoms with Crippen molar-refractivity contribution in [2.24, 2.45) is 7.05 Å². The number of nitrogens with zero attached hydrogens (tertiary/aromatic N) is 3. The van der Waals surface area contributed by atoms with Crippen molar-refractivity contribution >= 4 is 11.5 Å². The van der Waals surface area contributed by atoms with Gasteiger partial charge in [-0.2, -0.15) is 5.10 Å². The van der Waals surface area contributed by atoms with Crippen LogP contribution in [0.25, 0.3) is 0 Å². The Hall–Kier alpha value is -1.23. The Labute approximate surface area is 104 Å². The molecule has 1 rings (SSSR count). The molecular weight excluding hydrogens is 214 g/mol. The minimum absolute atomic E-state index is 0.362. The van der Waals surface area contributed by atoms with Gasteiger partial charge in [-0.3, -0.25) is 4.68 Å². The van der Waals surface area contributed by atoms with Crippen LogP contribution in [0.2, 0.25) is 0 Å². The Balaban J connectivity index is 2.82. The first-order valence-corrected chi connectivity index (χ1v) is 6.17. The van der Waals surface area contributed by atoms with Crippen molar-refractivity contribution in [3.8, 4) is 0 Å². The highest BCUT2D eigenvalue weighted by Crippen LogP contribution is 2.29. The molecule has 1 aromatic heterocycles. The average Bonchev–Trinajstić information content (AvgIpc) is 2.54. The lowest BCUT2D eigenvalue weighted by molar-refractivity contribution is 0.674. The van der Waals surface area contributed by atoms with E-state index in [0.717, 1.165) is 36.7 Å². The van der Waals surface area contributed by atoms with Gasteiger partial charge < -0.3 is 16.0 Å². The predicted octanol–water partition coefficient (Wildman–Crippen LogP) is 1.17. The van der Waals surface area contributed by atoms with E-state index in [-0.39, 0.29) is 0 Å². The van der Waals surface area contributed by atoms with Gasteiger partial charge in [0.15, 0.2) is 0 Å². The van der Waals surface area contributed by atoms with Gasteiger partial charge in [0.2, 0.25) is 0 Å². The first-order chi connectivity index (χ1) is 7.99.